The minimum Gasteiger partial charge on any atom is -0.435 e. The molecule has 0 bridgehead atoms. The number of halogens is 1. The molecule has 5 nitrogen and oxygen atoms in total. The van der Waals surface area contributed by atoms with Gasteiger partial charge in [-0.1, -0.05) is 57.0 Å². The summed E-state index contributed by atoms with van der Waals surface area (Å²) in [5.41, 5.74) is 2.57. The molecule has 0 aliphatic rings. The lowest BCUT2D eigenvalue weighted by Crippen LogP contribution is -2.33. The molecule has 0 spiro atoms. The molecule has 0 saturated heterocycles. The third-order valence-corrected chi connectivity index (χ3v) is 5.46. The van der Waals surface area contributed by atoms with Gasteiger partial charge in [0.1, 0.15) is 0 Å². The summed E-state index contributed by atoms with van der Waals surface area (Å²) >= 11 is 0. The van der Waals surface area contributed by atoms with Crippen LogP contribution in [0.3, 0.4) is 0 Å². The molecule has 172 valence electrons. The summed E-state index contributed by atoms with van der Waals surface area (Å²) in [5, 5.41) is 15.2. The van der Waals surface area contributed by atoms with E-state index in [2.05, 4.69) is 18.7 Å². The van der Waals surface area contributed by atoms with Gasteiger partial charge in [-0.3, -0.25) is 4.90 Å². The minimum atomic E-state index is -0.419. The van der Waals surface area contributed by atoms with Crippen molar-refractivity contribution in [1.29, 1.82) is 0 Å². The first-order valence-corrected chi connectivity index (χ1v) is 11.5. The zero-order chi connectivity index (χ0) is 22.9. The fourth-order valence-electron chi connectivity index (χ4n) is 3.80. The van der Waals surface area contributed by atoms with Gasteiger partial charge in [0.15, 0.2) is 11.6 Å². The molecule has 0 amide bonds. The van der Waals surface area contributed by atoms with Crippen LogP contribution in [0.5, 0.6) is 11.6 Å². The van der Waals surface area contributed by atoms with Gasteiger partial charge in [-0.05, 0) is 50.6 Å². The highest BCUT2D eigenvalue weighted by Gasteiger charge is 2.23. The maximum Gasteiger partial charge on any atom is 0.227 e. The van der Waals surface area contributed by atoms with Gasteiger partial charge in [0.05, 0.1) is 23.0 Å². The van der Waals surface area contributed by atoms with Crippen LogP contribution in [0.15, 0.2) is 54.6 Å². The molecule has 32 heavy (non-hydrogen) atoms. The van der Waals surface area contributed by atoms with Crippen molar-refractivity contribution < 1.29 is 14.2 Å². The fourth-order valence-corrected chi connectivity index (χ4v) is 3.80. The minimum absolute atomic E-state index is 0.163. The molecule has 1 N–H and O–H groups in total. The quantitative estimate of drug-likeness (QED) is 0.383. The number of hydrogen-bond acceptors (Lipinski definition) is 4. The van der Waals surface area contributed by atoms with E-state index in [1.54, 1.807) is 22.9 Å². The number of aryl methyl sites for hydroxylation is 1. The third kappa shape index (κ3) is 6.17. The number of aromatic nitrogens is 2. The molecule has 1 heterocycles. The summed E-state index contributed by atoms with van der Waals surface area (Å²) in [6, 6.07) is 16.1. The zero-order valence-electron chi connectivity index (χ0n) is 19.3. The number of para-hydroxylation sites is 2. The first kappa shape index (κ1) is 24.0. The second kappa shape index (κ2) is 11.8. The third-order valence-electron chi connectivity index (χ3n) is 5.46. The van der Waals surface area contributed by atoms with Crippen LogP contribution >= 0.6 is 0 Å². The van der Waals surface area contributed by atoms with Gasteiger partial charge in [0.2, 0.25) is 5.88 Å². The van der Waals surface area contributed by atoms with E-state index in [9.17, 15) is 9.50 Å². The van der Waals surface area contributed by atoms with Crippen molar-refractivity contribution >= 4 is 0 Å². The Labute approximate surface area is 190 Å². The molecule has 0 radical (unpaired) electrons. The Balaban J connectivity index is 1.96. The first-order valence-electron chi connectivity index (χ1n) is 11.5. The SMILES string of the molecule is CCCCC(O)CN(CCC)Cc1c(C)nn(-c2ccccc2)c1Oc1ccccc1F. The van der Waals surface area contributed by atoms with Crippen molar-refractivity contribution in [1.82, 2.24) is 14.7 Å². The molecule has 0 aliphatic heterocycles. The van der Waals surface area contributed by atoms with E-state index >= 15 is 0 Å². The molecule has 0 saturated carbocycles. The van der Waals surface area contributed by atoms with E-state index in [4.69, 9.17) is 9.84 Å². The Morgan fingerprint density at radius 2 is 1.78 bits per heavy atom. The number of benzene rings is 2. The number of rotatable bonds is 12. The normalized spacial score (nSPS) is 12.3. The van der Waals surface area contributed by atoms with Gasteiger partial charge in [0, 0.05) is 13.1 Å². The van der Waals surface area contributed by atoms with Gasteiger partial charge in [-0.2, -0.15) is 5.10 Å². The molecule has 3 aromatic rings. The smallest absolute Gasteiger partial charge is 0.227 e. The van der Waals surface area contributed by atoms with Crippen molar-refractivity contribution in [3.8, 4) is 17.3 Å². The number of nitrogens with zero attached hydrogens (tertiary/aromatic N) is 3. The second-order valence-electron chi connectivity index (χ2n) is 8.18. The van der Waals surface area contributed by atoms with Gasteiger partial charge in [-0.25, -0.2) is 9.07 Å². The number of hydrogen-bond donors (Lipinski definition) is 1. The van der Waals surface area contributed by atoms with Crippen LogP contribution in [0.2, 0.25) is 0 Å². The van der Waals surface area contributed by atoms with Gasteiger partial charge in [0.25, 0.3) is 0 Å². The second-order valence-corrected chi connectivity index (χ2v) is 8.18. The van der Waals surface area contributed by atoms with E-state index in [0.717, 1.165) is 49.2 Å². The molecule has 2 aromatic carbocycles. The molecular formula is C26H34FN3O2. The summed E-state index contributed by atoms with van der Waals surface area (Å²) in [5.74, 6) is 0.246. The molecule has 0 fully saturated rings. The number of ether oxygens (including phenoxy) is 1. The van der Waals surface area contributed by atoms with Crippen LogP contribution in [-0.2, 0) is 6.54 Å². The van der Waals surface area contributed by atoms with Crippen molar-refractivity contribution in [2.45, 2.75) is 59.1 Å². The fraction of sp³-hybridized carbons (Fsp3) is 0.423. The van der Waals surface area contributed by atoms with Crippen LogP contribution in [0, 0.1) is 12.7 Å². The number of unbranched alkanes of at least 4 members (excludes halogenated alkanes) is 1. The van der Waals surface area contributed by atoms with E-state index in [1.165, 1.54) is 6.07 Å². The largest absolute Gasteiger partial charge is 0.435 e. The molecular weight excluding hydrogens is 405 g/mol. The Bertz CT molecular complexity index is 974. The maximum absolute atomic E-state index is 14.4. The molecule has 0 aliphatic carbocycles. The summed E-state index contributed by atoms with van der Waals surface area (Å²) in [6.07, 6.45) is 3.46. The average Bonchev–Trinajstić information content (AvgIpc) is 3.09. The van der Waals surface area contributed by atoms with Crippen molar-refractivity contribution in [2.75, 3.05) is 13.1 Å². The van der Waals surface area contributed by atoms with Crippen molar-refractivity contribution in [3.63, 3.8) is 0 Å². The predicted octanol–water partition coefficient (Wildman–Crippen LogP) is 5.88. The monoisotopic (exact) mass is 439 g/mol. The van der Waals surface area contributed by atoms with Crippen LogP contribution in [0.4, 0.5) is 4.39 Å². The Hall–Kier alpha value is -2.70. The van der Waals surface area contributed by atoms with Gasteiger partial charge >= 0.3 is 0 Å². The van der Waals surface area contributed by atoms with E-state index in [1.807, 2.05) is 37.3 Å². The van der Waals surface area contributed by atoms with E-state index in [-0.39, 0.29) is 11.9 Å². The van der Waals surface area contributed by atoms with Crippen LogP contribution in [0.25, 0.3) is 5.69 Å². The average molecular weight is 440 g/mol. The van der Waals surface area contributed by atoms with Gasteiger partial charge < -0.3 is 9.84 Å². The molecule has 1 atom stereocenters. The maximum atomic E-state index is 14.4. The topological polar surface area (TPSA) is 50.5 Å². The summed E-state index contributed by atoms with van der Waals surface area (Å²) < 4.78 is 22.3. The van der Waals surface area contributed by atoms with E-state index < -0.39 is 5.82 Å². The molecule has 1 aromatic heterocycles. The van der Waals surface area contributed by atoms with Crippen molar-refractivity contribution in [3.05, 3.63) is 71.7 Å². The van der Waals surface area contributed by atoms with Crippen LogP contribution in [0.1, 0.15) is 50.8 Å². The molecule has 1 unspecified atom stereocenters. The summed E-state index contributed by atoms with van der Waals surface area (Å²) in [4.78, 5) is 2.23. The lowest BCUT2D eigenvalue weighted by molar-refractivity contribution is 0.0990. The number of aliphatic hydroxyl groups excluding tert-OH is 1. The highest BCUT2D eigenvalue weighted by atomic mass is 19.1. The predicted molar refractivity (Wildman–Crippen MR) is 126 cm³/mol. The Morgan fingerprint density at radius 3 is 2.47 bits per heavy atom. The summed E-state index contributed by atoms with van der Waals surface area (Å²) in [6.45, 7) is 8.20. The number of aliphatic hydroxyl groups is 1. The standard InChI is InChI=1S/C26H34FN3O2/c1-4-6-14-22(31)18-29(17-5-2)19-23-20(3)28-30(21-12-8-7-9-13-21)26(23)32-25-16-11-10-15-24(25)27/h7-13,15-16,22,31H,4-6,14,17-19H2,1-3H3. The lowest BCUT2D eigenvalue weighted by Gasteiger charge is -2.25. The van der Waals surface area contributed by atoms with E-state index in [0.29, 0.717) is 19.0 Å². The first-order chi connectivity index (χ1) is 15.5. The van der Waals surface area contributed by atoms with Crippen molar-refractivity contribution in [2.24, 2.45) is 0 Å². The van der Waals surface area contributed by atoms with Gasteiger partial charge in [-0.15, -0.1) is 0 Å². The molecule has 3 rings (SSSR count). The van der Waals surface area contributed by atoms with Crippen LogP contribution < -0.4 is 4.74 Å². The highest BCUT2D eigenvalue weighted by molar-refractivity contribution is 5.43. The highest BCUT2D eigenvalue weighted by Crippen LogP contribution is 2.32. The Morgan fingerprint density at radius 1 is 1.06 bits per heavy atom. The lowest BCUT2D eigenvalue weighted by atomic mass is 10.1. The Kier molecular flexibility index (Phi) is 8.82. The summed E-state index contributed by atoms with van der Waals surface area (Å²) in [7, 11) is 0. The zero-order valence-corrected chi connectivity index (χ0v) is 19.3. The molecule has 6 heteroatoms. The van der Waals surface area contributed by atoms with Crippen LogP contribution in [-0.4, -0.2) is 39.0 Å².